The Bertz CT molecular complexity index is 671. The van der Waals surface area contributed by atoms with Crippen molar-refractivity contribution in [3.05, 3.63) is 36.5 Å². The van der Waals surface area contributed by atoms with E-state index in [1.165, 1.54) is 0 Å². The number of carboxylic acid groups (broad SMARTS) is 1. The number of amides is 1. The highest BCUT2D eigenvalue weighted by molar-refractivity contribution is 5.89. The van der Waals surface area contributed by atoms with Crippen LogP contribution in [0.25, 0.3) is 10.9 Å². The number of benzene rings is 1. The summed E-state index contributed by atoms with van der Waals surface area (Å²) >= 11 is 0. The number of rotatable bonds is 4. The molecule has 0 saturated heterocycles. The number of carbonyl (C=O) groups is 2. The van der Waals surface area contributed by atoms with Crippen LogP contribution in [0.2, 0.25) is 0 Å². The van der Waals surface area contributed by atoms with E-state index in [0.29, 0.717) is 12.8 Å². The SMILES string of the molecule is O=C(Cn1ccc2ccccc21)NC1(C(=O)O)CCC1. The van der Waals surface area contributed by atoms with E-state index >= 15 is 0 Å². The third kappa shape index (κ3) is 2.05. The van der Waals surface area contributed by atoms with Crippen molar-refractivity contribution in [2.45, 2.75) is 31.3 Å². The second kappa shape index (κ2) is 4.67. The van der Waals surface area contributed by atoms with Crippen LogP contribution in [0.5, 0.6) is 0 Å². The Morgan fingerprint density at radius 1 is 1.25 bits per heavy atom. The molecule has 3 rings (SSSR count). The Kier molecular flexibility index (Phi) is 2.97. The van der Waals surface area contributed by atoms with Gasteiger partial charge in [-0.05, 0) is 36.8 Å². The predicted molar refractivity (Wildman–Crippen MR) is 74.3 cm³/mol. The van der Waals surface area contributed by atoms with Crippen LogP contribution in [0, 0.1) is 0 Å². The summed E-state index contributed by atoms with van der Waals surface area (Å²) in [6, 6.07) is 9.73. The maximum atomic E-state index is 12.1. The van der Waals surface area contributed by atoms with Gasteiger partial charge in [0, 0.05) is 11.7 Å². The van der Waals surface area contributed by atoms with E-state index in [-0.39, 0.29) is 12.5 Å². The molecule has 0 unspecified atom stereocenters. The van der Waals surface area contributed by atoms with Gasteiger partial charge in [0.2, 0.25) is 5.91 Å². The van der Waals surface area contributed by atoms with Crippen molar-refractivity contribution in [3.8, 4) is 0 Å². The summed E-state index contributed by atoms with van der Waals surface area (Å²) in [6.07, 6.45) is 3.72. The zero-order valence-corrected chi connectivity index (χ0v) is 11.0. The van der Waals surface area contributed by atoms with E-state index in [1.807, 2.05) is 41.1 Å². The number of nitrogens with one attached hydrogen (secondary N) is 1. The number of carbonyl (C=O) groups excluding carboxylic acids is 1. The first-order valence-corrected chi connectivity index (χ1v) is 6.69. The molecule has 2 N–H and O–H groups in total. The molecule has 5 nitrogen and oxygen atoms in total. The maximum absolute atomic E-state index is 12.1. The number of fused-ring (bicyclic) bond motifs is 1. The van der Waals surface area contributed by atoms with Gasteiger partial charge < -0.3 is 15.0 Å². The number of aromatic nitrogens is 1. The van der Waals surface area contributed by atoms with Crippen LogP contribution in [0.1, 0.15) is 19.3 Å². The molecule has 0 atom stereocenters. The smallest absolute Gasteiger partial charge is 0.329 e. The Hall–Kier alpha value is -2.30. The molecule has 0 radical (unpaired) electrons. The van der Waals surface area contributed by atoms with Gasteiger partial charge in [-0.1, -0.05) is 18.2 Å². The van der Waals surface area contributed by atoms with E-state index in [4.69, 9.17) is 0 Å². The minimum Gasteiger partial charge on any atom is -0.480 e. The van der Waals surface area contributed by atoms with Crippen molar-refractivity contribution in [1.82, 2.24) is 9.88 Å². The number of aliphatic carboxylic acids is 1. The molecule has 1 aliphatic rings. The van der Waals surface area contributed by atoms with Crippen molar-refractivity contribution in [3.63, 3.8) is 0 Å². The molecule has 1 fully saturated rings. The quantitative estimate of drug-likeness (QED) is 0.891. The zero-order chi connectivity index (χ0) is 14.2. The van der Waals surface area contributed by atoms with Gasteiger partial charge in [0.15, 0.2) is 0 Å². The Balaban J connectivity index is 1.75. The second-order valence-electron chi connectivity index (χ2n) is 5.29. The number of hydrogen-bond acceptors (Lipinski definition) is 2. The first-order chi connectivity index (χ1) is 9.61. The third-order valence-electron chi connectivity index (χ3n) is 3.99. The molecule has 0 aliphatic heterocycles. The number of hydrogen-bond donors (Lipinski definition) is 2. The summed E-state index contributed by atoms with van der Waals surface area (Å²) in [5, 5.41) is 12.9. The first kappa shape index (κ1) is 12.7. The molecule has 20 heavy (non-hydrogen) atoms. The molecule has 1 amide bonds. The normalized spacial score (nSPS) is 16.6. The highest BCUT2D eigenvalue weighted by Crippen LogP contribution is 2.32. The lowest BCUT2D eigenvalue weighted by molar-refractivity contribution is -0.151. The Morgan fingerprint density at radius 3 is 2.65 bits per heavy atom. The molecule has 5 heteroatoms. The van der Waals surface area contributed by atoms with E-state index in [2.05, 4.69) is 5.32 Å². The van der Waals surface area contributed by atoms with Crippen LogP contribution < -0.4 is 5.32 Å². The summed E-state index contributed by atoms with van der Waals surface area (Å²) in [6.45, 7) is 0.141. The Morgan fingerprint density at radius 2 is 2.00 bits per heavy atom. The molecular weight excluding hydrogens is 256 g/mol. The number of carboxylic acids is 1. The molecule has 1 saturated carbocycles. The largest absolute Gasteiger partial charge is 0.480 e. The van der Waals surface area contributed by atoms with Gasteiger partial charge in [-0.3, -0.25) is 4.79 Å². The van der Waals surface area contributed by atoms with Crippen LogP contribution in [0.15, 0.2) is 36.5 Å². The van der Waals surface area contributed by atoms with E-state index in [1.54, 1.807) is 0 Å². The number of nitrogens with zero attached hydrogens (tertiary/aromatic N) is 1. The van der Waals surface area contributed by atoms with Gasteiger partial charge in [0.25, 0.3) is 0 Å². The highest BCUT2D eigenvalue weighted by Gasteiger charge is 2.45. The van der Waals surface area contributed by atoms with Gasteiger partial charge in [-0.2, -0.15) is 0 Å². The van der Waals surface area contributed by atoms with Crippen LogP contribution in [-0.2, 0) is 16.1 Å². The number of para-hydroxylation sites is 1. The van der Waals surface area contributed by atoms with Crippen LogP contribution in [0.4, 0.5) is 0 Å². The second-order valence-corrected chi connectivity index (χ2v) is 5.29. The van der Waals surface area contributed by atoms with E-state index < -0.39 is 11.5 Å². The lowest BCUT2D eigenvalue weighted by Gasteiger charge is -2.38. The topological polar surface area (TPSA) is 71.3 Å². The molecule has 1 aliphatic carbocycles. The zero-order valence-electron chi connectivity index (χ0n) is 11.0. The lowest BCUT2D eigenvalue weighted by atomic mass is 9.77. The minimum absolute atomic E-state index is 0.141. The summed E-state index contributed by atoms with van der Waals surface area (Å²) in [5.74, 6) is -1.19. The molecule has 0 bridgehead atoms. The van der Waals surface area contributed by atoms with Crippen molar-refractivity contribution in [1.29, 1.82) is 0 Å². The van der Waals surface area contributed by atoms with Gasteiger partial charge in [0.1, 0.15) is 12.1 Å². The first-order valence-electron chi connectivity index (χ1n) is 6.69. The predicted octanol–water partition coefficient (Wildman–Crippen LogP) is 1.76. The monoisotopic (exact) mass is 272 g/mol. The van der Waals surface area contributed by atoms with Gasteiger partial charge >= 0.3 is 5.97 Å². The van der Waals surface area contributed by atoms with E-state index in [9.17, 15) is 14.7 Å². The minimum atomic E-state index is -1.04. The molecule has 104 valence electrons. The van der Waals surface area contributed by atoms with Crippen LogP contribution in [-0.4, -0.2) is 27.1 Å². The van der Waals surface area contributed by atoms with E-state index in [0.717, 1.165) is 17.3 Å². The molecule has 1 aromatic carbocycles. The van der Waals surface area contributed by atoms with Crippen molar-refractivity contribution >= 4 is 22.8 Å². The van der Waals surface area contributed by atoms with Crippen LogP contribution >= 0.6 is 0 Å². The van der Waals surface area contributed by atoms with Crippen molar-refractivity contribution < 1.29 is 14.7 Å². The summed E-state index contributed by atoms with van der Waals surface area (Å²) in [4.78, 5) is 23.3. The van der Waals surface area contributed by atoms with Gasteiger partial charge in [0.05, 0.1) is 0 Å². The summed E-state index contributed by atoms with van der Waals surface area (Å²) in [5.41, 5.74) is -0.0688. The molecular formula is C15H16N2O3. The molecule has 1 heterocycles. The average Bonchev–Trinajstić information content (AvgIpc) is 2.77. The maximum Gasteiger partial charge on any atom is 0.329 e. The lowest BCUT2D eigenvalue weighted by Crippen LogP contribution is -2.59. The summed E-state index contributed by atoms with van der Waals surface area (Å²) < 4.78 is 1.83. The highest BCUT2D eigenvalue weighted by atomic mass is 16.4. The third-order valence-corrected chi connectivity index (χ3v) is 3.99. The fraction of sp³-hybridized carbons (Fsp3) is 0.333. The molecule has 2 aromatic rings. The van der Waals surface area contributed by atoms with Gasteiger partial charge in [-0.25, -0.2) is 4.79 Å². The average molecular weight is 272 g/mol. The standard InChI is InChI=1S/C15H16N2O3/c18-13(16-15(14(19)20)7-3-8-15)10-17-9-6-11-4-1-2-5-12(11)17/h1-2,4-6,9H,3,7-8,10H2,(H,16,18)(H,19,20). The van der Waals surface area contributed by atoms with Gasteiger partial charge in [-0.15, -0.1) is 0 Å². The Labute approximate surface area is 116 Å². The fourth-order valence-corrected chi connectivity index (χ4v) is 2.66. The fourth-order valence-electron chi connectivity index (χ4n) is 2.66. The molecule has 0 spiro atoms. The molecule has 1 aromatic heterocycles. The summed E-state index contributed by atoms with van der Waals surface area (Å²) in [7, 11) is 0. The van der Waals surface area contributed by atoms with Crippen LogP contribution in [0.3, 0.4) is 0 Å². The van der Waals surface area contributed by atoms with Crippen molar-refractivity contribution in [2.24, 2.45) is 0 Å². The van der Waals surface area contributed by atoms with Crippen molar-refractivity contribution in [2.75, 3.05) is 0 Å².